The smallest absolute Gasteiger partial charge is 0.243 e. The molecule has 3 heterocycles. The summed E-state index contributed by atoms with van der Waals surface area (Å²) in [7, 11) is 0. The van der Waals surface area contributed by atoms with Crippen molar-refractivity contribution < 1.29 is 4.79 Å². The highest BCUT2D eigenvalue weighted by Crippen LogP contribution is 2.39. The number of carbonyl (C=O) groups is 1. The highest BCUT2D eigenvalue weighted by atomic mass is 16.2. The Morgan fingerprint density at radius 1 is 1.25 bits per heavy atom. The van der Waals surface area contributed by atoms with Gasteiger partial charge in [0.05, 0.1) is 23.6 Å². The van der Waals surface area contributed by atoms with Gasteiger partial charge >= 0.3 is 0 Å². The molecule has 0 radical (unpaired) electrons. The third kappa shape index (κ3) is 2.20. The molecule has 0 aromatic carbocycles. The molecule has 2 aliphatic heterocycles. The van der Waals surface area contributed by atoms with E-state index in [0.717, 1.165) is 43.7 Å². The minimum absolute atomic E-state index is 0.0491. The molecule has 2 fully saturated rings. The molecule has 2 saturated heterocycles. The maximum Gasteiger partial charge on any atom is 0.243 e. The molecule has 5 nitrogen and oxygen atoms in total. The third-order valence-corrected chi connectivity index (χ3v) is 4.41. The largest absolute Gasteiger partial charge is 0.273 e. The minimum atomic E-state index is -0.282. The lowest BCUT2D eigenvalue weighted by Gasteiger charge is -2.34. The van der Waals surface area contributed by atoms with E-state index in [0.29, 0.717) is 0 Å². The van der Waals surface area contributed by atoms with E-state index < -0.39 is 0 Å². The number of hydrogen-bond acceptors (Lipinski definition) is 4. The van der Waals surface area contributed by atoms with Gasteiger partial charge in [0.1, 0.15) is 0 Å². The van der Waals surface area contributed by atoms with Crippen LogP contribution >= 0.6 is 0 Å². The van der Waals surface area contributed by atoms with Gasteiger partial charge in [-0.1, -0.05) is 13.8 Å². The molecule has 0 saturated carbocycles. The van der Waals surface area contributed by atoms with E-state index in [1.165, 1.54) is 0 Å². The normalized spacial score (nSPS) is 26.4. The SMILES string of the molecule is Cc1cnc(C2CCN3CCCC(C)(C)C(=O)N23)cn1. The number of rotatable bonds is 1. The summed E-state index contributed by atoms with van der Waals surface area (Å²) >= 11 is 0. The van der Waals surface area contributed by atoms with Crippen LogP contribution in [-0.2, 0) is 4.79 Å². The summed E-state index contributed by atoms with van der Waals surface area (Å²) < 4.78 is 0. The number of amides is 1. The second-order valence-electron chi connectivity index (χ2n) is 6.48. The van der Waals surface area contributed by atoms with Crippen molar-refractivity contribution in [2.45, 2.75) is 46.1 Å². The highest BCUT2D eigenvalue weighted by molar-refractivity contribution is 5.82. The molecule has 3 rings (SSSR count). The number of aryl methyl sites for hydroxylation is 1. The Kier molecular flexibility index (Phi) is 3.24. The molecule has 1 atom stereocenters. The standard InChI is InChI=1S/C15H22N4O/c1-11-9-17-12(10-16-11)13-5-8-18-7-4-6-15(2,3)14(20)19(13)18/h9-10,13H,4-8H2,1-3H3. The fourth-order valence-electron chi connectivity index (χ4n) is 3.16. The first-order valence-corrected chi connectivity index (χ1v) is 7.36. The van der Waals surface area contributed by atoms with Gasteiger partial charge < -0.3 is 0 Å². The Labute approximate surface area is 120 Å². The van der Waals surface area contributed by atoms with Gasteiger partial charge in [0.2, 0.25) is 5.91 Å². The van der Waals surface area contributed by atoms with Crippen molar-refractivity contribution in [1.29, 1.82) is 0 Å². The lowest BCUT2D eigenvalue weighted by Crippen LogP contribution is -2.46. The van der Waals surface area contributed by atoms with Crippen molar-refractivity contribution in [2.75, 3.05) is 13.1 Å². The topological polar surface area (TPSA) is 49.3 Å². The average molecular weight is 274 g/mol. The summed E-state index contributed by atoms with van der Waals surface area (Å²) in [5.41, 5.74) is 1.53. The zero-order valence-electron chi connectivity index (χ0n) is 12.5. The second kappa shape index (κ2) is 4.81. The van der Waals surface area contributed by atoms with Gasteiger partial charge in [-0.05, 0) is 26.2 Å². The van der Waals surface area contributed by atoms with E-state index in [1.807, 2.05) is 18.1 Å². The van der Waals surface area contributed by atoms with Crippen molar-refractivity contribution in [1.82, 2.24) is 20.0 Å². The monoisotopic (exact) mass is 274 g/mol. The number of aromatic nitrogens is 2. The van der Waals surface area contributed by atoms with Crippen LogP contribution in [0, 0.1) is 12.3 Å². The number of carbonyl (C=O) groups excluding carboxylic acids is 1. The summed E-state index contributed by atoms with van der Waals surface area (Å²) in [5, 5.41) is 4.15. The average Bonchev–Trinajstić information content (AvgIpc) is 2.77. The minimum Gasteiger partial charge on any atom is -0.273 e. The lowest BCUT2D eigenvalue weighted by molar-refractivity contribution is -0.155. The van der Waals surface area contributed by atoms with Crippen molar-refractivity contribution in [2.24, 2.45) is 5.41 Å². The van der Waals surface area contributed by atoms with Gasteiger partial charge in [0.25, 0.3) is 0 Å². The molecule has 5 heteroatoms. The number of hydrogen-bond donors (Lipinski definition) is 0. The maximum absolute atomic E-state index is 12.8. The van der Waals surface area contributed by atoms with Crippen molar-refractivity contribution in [3.05, 3.63) is 23.8 Å². The van der Waals surface area contributed by atoms with Gasteiger partial charge in [0, 0.05) is 24.7 Å². The Morgan fingerprint density at radius 3 is 2.75 bits per heavy atom. The number of fused-ring (bicyclic) bond motifs is 1. The van der Waals surface area contributed by atoms with Crippen molar-refractivity contribution >= 4 is 5.91 Å². The third-order valence-electron chi connectivity index (χ3n) is 4.41. The van der Waals surface area contributed by atoms with Gasteiger partial charge in [0.15, 0.2) is 0 Å². The quantitative estimate of drug-likeness (QED) is 0.787. The molecule has 108 valence electrons. The first-order valence-electron chi connectivity index (χ1n) is 7.36. The fraction of sp³-hybridized carbons (Fsp3) is 0.667. The van der Waals surface area contributed by atoms with Crippen LogP contribution in [0.25, 0.3) is 0 Å². The van der Waals surface area contributed by atoms with Crippen LogP contribution in [0.4, 0.5) is 0 Å². The summed E-state index contributed by atoms with van der Waals surface area (Å²) in [6.45, 7) is 7.93. The molecule has 1 aromatic rings. The lowest BCUT2D eigenvalue weighted by atomic mass is 9.86. The first-order chi connectivity index (χ1) is 9.49. The van der Waals surface area contributed by atoms with Crippen LogP contribution in [0.15, 0.2) is 12.4 Å². The molecule has 0 bridgehead atoms. The number of hydrazine groups is 1. The molecule has 1 amide bonds. The molecule has 0 spiro atoms. The highest BCUT2D eigenvalue weighted by Gasteiger charge is 2.44. The molecule has 1 unspecified atom stereocenters. The summed E-state index contributed by atoms with van der Waals surface area (Å²) in [6.07, 6.45) is 6.56. The van der Waals surface area contributed by atoms with Crippen molar-refractivity contribution in [3.63, 3.8) is 0 Å². The molecule has 0 N–H and O–H groups in total. The molecule has 2 aliphatic rings. The Morgan fingerprint density at radius 2 is 2.05 bits per heavy atom. The van der Waals surface area contributed by atoms with Gasteiger partial charge in [-0.2, -0.15) is 0 Å². The van der Waals surface area contributed by atoms with Crippen LogP contribution in [0.5, 0.6) is 0 Å². The van der Waals surface area contributed by atoms with Crippen LogP contribution < -0.4 is 0 Å². The molecular formula is C15H22N4O. The van der Waals surface area contributed by atoms with E-state index in [-0.39, 0.29) is 17.4 Å². The van der Waals surface area contributed by atoms with Gasteiger partial charge in [-0.3, -0.25) is 19.8 Å². The predicted octanol–water partition coefficient (Wildman–Crippen LogP) is 2.10. The summed E-state index contributed by atoms with van der Waals surface area (Å²) in [5.74, 6) is 0.222. The predicted molar refractivity (Wildman–Crippen MR) is 75.6 cm³/mol. The molecule has 20 heavy (non-hydrogen) atoms. The summed E-state index contributed by atoms with van der Waals surface area (Å²) in [4.78, 5) is 21.6. The van der Waals surface area contributed by atoms with E-state index in [4.69, 9.17) is 0 Å². The Balaban J connectivity index is 1.93. The zero-order valence-corrected chi connectivity index (χ0v) is 12.5. The van der Waals surface area contributed by atoms with Crippen LogP contribution in [0.3, 0.4) is 0 Å². The summed E-state index contributed by atoms with van der Waals surface area (Å²) in [6, 6.07) is 0.0491. The van der Waals surface area contributed by atoms with Crippen molar-refractivity contribution in [3.8, 4) is 0 Å². The number of nitrogens with zero attached hydrogens (tertiary/aromatic N) is 4. The molecular weight excluding hydrogens is 252 g/mol. The molecule has 0 aliphatic carbocycles. The van der Waals surface area contributed by atoms with E-state index in [1.54, 1.807) is 6.20 Å². The van der Waals surface area contributed by atoms with Crippen LogP contribution in [0.2, 0.25) is 0 Å². The Hall–Kier alpha value is -1.49. The van der Waals surface area contributed by atoms with E-state index >= 15 is 0 Å². The van der Waals surface area contributed by atoms with E-state index in [9.17, 15) is 4.79 Å². The van der Waals surface area contributed by atoms with Crippen LogP contribution in [-0.4, -0.2) is 39.0 Å². The maximum atomic E-state index is 12.8. The van der Waals surface area contributed by atoms with Gasteiger partial charge in [-0.15, -0.1) is 0 Å². The first kappa shape index (κ1) is 13.5. The van der Waals surface area contributed by atoms with Crippen LogP contribution in [0.1, 0.15) is 50.5 Å². The molecule has 1 aromatic heterocycles. The van der Waals surface area contributed by atoms with E-state index in [2.05, 4.69) is 28.8 Å². The van der Waals surface area contributed by atoms with Gasteiger partial charge in [-0.25, -0.2) is 5.01 Å². The Bertz CT molecular complexity index is 511. The second-order valence-corrected chi connectivity index (χ2v) is 6.48. The zero-order chi connectivity index (χ0) is 14.3. The fourth-order valence-corrected chi connectivity index (χ4v) is 3.16.